The van der Waals surface area contributed by atoms with E-state index in [1.165, 1.54) is 23.3 Å². The number of amides is 1. The third-order valence-electron chi connectivity index (χ3n) is 5.01. The molecule has 0 atom stereocenters. The molecule has 0 aliphatic heterocycles. The van der Waals surface area contributed by atoms with Crippen molar-refractivity contribution in [3.63, 3.8) is 0 Å². The number of hydrogen-bond acceptors (Lipinski definition) is 2. The van der Waals surface area contributed by atoms with Crippen molar-refractivity contribution >= 4 is 6.09 Å². The van der Waals surface area contributed by atoms with Crippen LogP contribution in [0.2, 0.25) is 0 Å². The van der Waals surface area contributed by atoms with Gasteiger partial charge in [0, 0.05) is 19.2 Å². The smallest absolute Gasteiger partial charge is 0.404 e. The maximum Gasteiger partial charge on any atom is 0.404 e. The monoisotopic (exact) mass is 454 g/mol. The number of rotatable bonds is 9. The average Bonchev–Trinajstić information content (AvgIpc) is 2.78. The Morgan fingerprint density at radius 1 is 0.909 bits per heavy atom. The standard InChI is InChI=1S/C20H26N2O2.C7H6F2/c1-2-15-22(16-9-14-21-20(23)24)19(17-10-5-3-6-11-17)18-12-7-4-8-13-18;1-5-2-6(8)4-7(9)3-5/h3-8,10-13,19,21H,2,9,14-16H2,1H3,(H,23,24);2-4H,1H3. The first-order valence-corrected chi connectivity index (χ1v) is 11.1. The van der Waals surface area contributed by atoms with Crippen molar-refractivity contribution in [3.8, 4) is 0 Å². The van der Waals surface area contributed by atoms with Gasteiger partial charge in [0.05, 0.1) is 6.04 Å². The molecular weight excluding hydrogens is 422 g/mol. The first kappa shape index (κ1) is 26.0. The molecule has 0 spiro atoms. The zero-order valence-electron chi connectivity index (χ0n) is 19.2. The quantitative estimate of drug-likeness (QED) is 0.367. The van der Waals surface area contributed by atoms with Gasteiger partial charge in [-0.2, -0.15) is 0 Å². The summed E-state index contributed by atoms with van der Waals surface area (Å²) in [5.41, 5.74) is 3.14. The molecule has 6 heteroatoms. The van der Waals surface area contributed by atoms with Gasteiger partial charge in [0.15, 0.2) is 0 Å². The highest BCUT2D eigenvalue weighted by Gasteiger charge is 2.21. The van der Waals surface area contributed by atoms with E-state index in [9.17, 15) is 13.6 Å². The molecule has 33 heavy (non-hydrogen) atoms. The number of halogens is 2. The van der Waals surface area contributed by atoms with E-state index in [1.54, 1.807) is 6.92 Å². The van der Waals surface area contributed by atoms with Gasteiger partial charge in [-0.1, -0.05) is 67.6 Å². The van der Waals surface area contributed by atoms with E-state index in [0.717, 1.165) is 32.0 Å². The van der Waals surface area contributed by atoms with E-state index in [1.807, 2.05) is 12.1 Å². The maximum atomic E-state index is 12.2. The second kappa shape index (κ2) is 14.0. The Balaban J connectivity index is 0.000000357. The molecule has 0 saturated heterocycles. The molecule has 4 nitrogen and oxygen atoms in total. The number of nitrogens with one attached hydrogen (secondary N) is 1. The SMILES string of the molecule is CCCN(CCCNC(=O)O)C(c1ccccc1)c1ccccc1.Cc1cc(F)cc(F)c1. The van der Waals surface area contributed by atoms with Crippen LogP contribution < -0.4 is 5.32 Å². The second-order valence-corrected chi connectivity index (χ2v) is 7.79. The predicted octanol–water partition coefficient (Wildman–Crippen LogP) is 6.42. The van der Waals surface area contributed by atoms with Crippen molar-refractivity contribution in [1.29, 1.82) is 0 Å². The molecule has 0 aromatic heterocycles. The summed E-state index contributed by atoms with van der Waals surface area (Å²) in [7, 11) is 0. The molecule has 0 bridgehead atoms. The van der Waals surface area contributed by atoms with E-state index in [-0.39, 0.29) is 6.04 Å². The number of carbonyl (C=O) groups is 1. The van der Waals surface area contributed by atoms with E-state index in [4.69, 9.17) is 5.11 Å². The first-order valence-electron chi connectivity index (χ1n) is 11.1. The van der Waals surface area contributed by atoms with Crippen LogP contribution in [-0.2, 0) is 0 Å². The van der Waals surface area contributed by atoms with E-state index in [2.05, 4.69) is 65.7 Å². The van der Waals surface area contributed by atoms with Crippen molar-refractivity contribution in [2.45, 2.75) is 32.7 Å². The van der Waals surface area contributed by atoms with Gasteiger partial charge in [-0.05, 0) is 55.1 Å². The summed E-state index contributed by atoms with van der Waals surface area (Å²) in [5.74, 6) is -1.04. The van der Waals surface area contributed by atoms with Crippen molar-refractivity contribution in [2.75, 3.05) is 19.6 Å². The topological polar surface area (TPSA) is 52.6 Å². The Morgan fingerprint density at radius 2 is 1.42 bits per heavy atom. The minimum Gasteiger partial charge on any atom is -0.465 e. The van der Waals surface area contributed by atoms with Gasteiger partial charge in [-0.25, -0.2) is 13.6 Å². The predicted molar refractivity (Wildman–Crippen MR) is 128 cm³/mol. The lowest BCUT2D eigenvalue weighted by atomic mass is 9.96. The minimum atomic E-state index is -0.959. The van der Waals surface area contributed by atoms with Crippen LogP contribution in [0.3, 0.4) is 0 Å². The van der Waals surface area contributed by atoms with Gasteiger partial charge in [0.25, 0.3) is 0 Å². The molecule has 0 aliphatic carbocycles. The summed E-state index contributed by atoms with van der Waals surface area (Å²) in [6, 6.07) is 24.6. The van der Waals surface area contributed by atoms with Crippen molar-refractivity contribution < 1.29 is 18.7 Å². The fourth-order valence-electron chi connectivity index (χ4n) is 3.71. The largest absolute Gasteiger partial charge is 0.465 e. The lowest BCUT2D eigenvalue weighted by molar-refractivity contribution is 0.191. The summed E-state index contributed by atoms with van der Waals surface area (Å²) < 4.78 is 24.4. The molecule has 1 amide bonds. The summed E-state index contributed by atoms with van der Waals surface area (Å²) in [6.45, 7) is 6.12. The van der Waals surface area contributed by atoms with Crippen LogP contribution in [0.25, 0.3) is 0 Å². The van der Waals surface area contributed by atoms with Crippen molar-refractivity contribution in [3.05, 3.63) is 107 Å². The number of carboxylic acid groups (broad SMARTS) is 1. The average molecular weight is 455 g/mol. The van der Waals surface area contributed by atoms with Crippen LogP contribution in [0.5, 0.6) is 0 Å². The highest BCUT2D eigenvalue weighted by molar-refractivity contribution is 5.64. The molecule has 0 heterocycles. The molecular formula is C27H32F2N2O2. The molecule has 0 fully saturated rings. The molecule has 176 valence electrons. The highest BCUT2D eigenvalue weighted by atomic mass is 19.1. The third kappa shape index (κ3) is 9.41. The zero-order chi connectivity index (χ0) is 24.1. The molecule has 0 radical (unpaired) electrons. The Kier molecular flexibility index (Phi) is 11.0. The zero-order valence-corrected chi connectivity index (χ0v) is 19.2. The lowest BCUT2D eigenvalue weighted by Crippen LogP contribution is -2.33. The number of aryl methyl sites for hydroxylation is 1. The molecule has 0 aliphatic rings. The molecule has 0 saturated carbocycles. The number of nitrogens with zero attached hydrogens (tertiary/aromatic N) is 1. The van der Waals surface area contributed by atoms with Gasteiger partial charge in [0.1, 0.15) is 11.6 Å². The van der Waals surface area contributed by atoms with Crippen LogP contribution in [0.1, 0.15) is 42.5 Å². The van der Waals surface area contributed by atoms with E-state index >= 15 is 0 Å². The minimum absolute atomic E-state index is 0.192. The lowest BCUT2D eigenvalue weighted by Gasteiger charge is -2.32. The Morgan fingerprint density at radius 3 is 1.85 bits per heavy atom. The second-order valence-electron chi connectivity index (χ2n) is 7.79. The summed E-state index contributed by atoms with van der Waals surface area (Å²) in [4.78, 5) is 13.1. The van der Waals surface area contributed by atoms with Gasteiger partial charge < -0.3 is 10.4 Å². The van der Waals surface area contributed by atoms with Crippen LogP contribution >= 0.6 is 0 Å². The van der Waals surface area contributed by atoms with E-state index in [0.29, 0.717) is 12.1 Å². The number of benzene rings is 3. The Labute approximate surface area is 194 Å². The molecule has 0 unspecified atom stereocenters. The Bertz CT molecular complexity index is 878. The van der Waals surface area contributed by atoms with Gasteiger partial charge in [0.2, 0.25) is 0 Å². The summed E-state index contributed by atoms with van der Waals surface area (Å²) >= 11 is 0. The Hall–Kier alpha value is -3.25. The van der Waals surface area contributed by atoms with Crippen molar-refractivity contribution in [1.82, 2.24) is 10.2 Å². The molecule has 3 rings (SSSR count). The summed E-state index contributed by atoms with van der Waals surface area (Å²) in [5, 5.41) is 11.2. The highest BCUT2D eigenvalue weighted by Crippen LogP contribution is 2.28. The van der Waals surface area contributed by atoms with Crippen LogP contribution in [0, 0.1) is 18.6 Å². The van der Waals surface area contributed by atoms with Crippen LogP contribution in [-0.4, -0.2) is 35.7 Å². The third-order valence-corrected chi connectivity index (χ3v) is 5.01. The van der Waals surface area contributed by atoms with Crippen molar-refractivity contribution in [2.24, 2.45) is 0 Å². The molecule has 2 N–H and O–H groups in total. The normalized spacial score (nSPS) is 10.6. The fourth-order valence-corrected chi connectivity index (χ4v) is 3.71. The van der Waals surface area contributed by atoms with Crippen LogP contribution in [0.15, 0.2) is 78.9 Å². The maximum absolute atomic E-state index is 12.2. The van der Waals surface area contributed by atoms with Gasteiger partial charge in [-0.15, -0.1) is 0 Å². The summed E-state index contributed by atoms with van der Waals surface area (Å²) in [6.07, 6.45) is 0.894. The van der Waals surface area contributed by atoms with Crippen LogP contribution in [0.4, 0.5) is 13.6 Å². The van der Waals surface area contributed by atoms with E-state index < -0.39 is 17.7 Å². The first-order chi connectivity index (χ1) is 15.9. The molecule has 3 aromatic rings. The fraction of sp³-hybridized carbons (Fsp3) is 0.296. The number of hydrogen-bond donors (Lipinski definition) is 2. The van der Waals surface area contributed by atoms with Gasteiger partial charge >= 0.3 is 6.09 Å². The van der Waals surface area contributed by atoms with Gasteiger partial charge in [-0.3, -0.25) is 4.90 Å². The molecule has 3 aromatic carbocycles.